The second-order valence-electron chi connectivity index (χ2n) is 5.97. The normalized spacial score (nSPS) is 16.6. The molecule has 0 aromatic rings. The number of hydrogen-bond acceptors (Lipinski definition) is 3. The average Bonchev–Trinajstić information content (AvgIpc) is 2.70. The Morgan fingerprint density at radius 1 is 1.11 bits per heavy atom. The predicted octanol–water partition coefficient (Wildman–Crippen LogP) is 3.89. The van der Waals surface area contributed by atoms with Crippen LogP contribution in [0.25, 0.3) is 0 Å². The Hall–Kier alpha value is -0.563. The quantitative estimate of drug-likeness (QED) is 0.689. The van der Waals surface area contributed by atoms with Gasteiger partial charge < -0.3 is 9.16 Å². The summed E-state index contributed by atoms with van der Waals surface area (Å²) in [5, 5.41) is -0.409. The van der Waals surface area contributed by atoms with Gasteiger partial charge in [-0.1, -0.05) is 20.8 Å². The predicted molar refractivity (Wildman–Crippen MR) is 69.4 cm³/mol. The Labute approximate surface area is 113 Å². The van der Waals surface area contributed by atoms with E-state index < -0.39 is 25.5 Å². The highest BCUT2D eigenvalue weighted by molar-refractivity contribution is 6.75. The smallest absolute Gasteiger partial charge is 0.489 e. The number of carbonyl (C=O) groups excluding carboxylic acids is 1. The minimum absolute atomic E-state index is 0.409. The SMILES string of the molecule is C1CCOC1.CC(C)(C)[Si](C)(C)OC(=O)C(F)(F)F. The molecule has 19 heavy (non-hydrogen) atoms. The van der Waals surface area contributed by atoms with E-state index in [2.05, 4.69) is 4.43 Å². The van der Waals surface area contributed by atoms with Crippen LogP contribution in [0.4, 0.5) is 13.2 Å². The molecule has 0 atom stereocenters. The second-order valence-corrected chi connectivity index (χ2v) is 10.7. The van der Waals surface area contributed by atoms with Crippen LogP contribution in [0.5, 0.6) is 0 Å². The maximum absolute atomic E-state index is 11.9. The first-order valence-electron chi connectivity index (χ1n) is 6.26. The highest BCUT2D eigenvalue weighted by Crippen LogP contribution is 2.37. The van der Waals surface area contributed by atoms with Crippen molar-refractivity contribution < 1.29 is 27.1 Å². The summed E-state index contributed by atoms with van der Waals surface area (Å²) in [5.74, 6) is -2.08. The number of alkyl halides is 3. The van der Waals surface area contributed by atoms with Gasteiger partial charge in [0.05, 0.1) is 0 Å². The first-order valence-corrected chi connectivity index (χ1v) is 9.16. The van der Waals surface area contributed by atoms with Crippen molar-refractivity contribution >= 4 is 14.3 Å². The monoisotopic (exact) mass is 300 g/mol. The fourth-order valence-corrected chi connectivity index (χ4v) is 1.84. The first-order chi connectivity index (χ1) is 8.38. The summed E-state index contributed by atoms with van der Waals surface area (Å²) >= 11 is 0. The minimum atomic E-state index is -4.89. The molecule has 1 heterocycles. The van der Waals surface area contributed by atoms with Crippen molar-refractivity contribution in [2.24, 2.45) is 0 Å². The van der Waals surface area contributed by atoms with Gasteiger partial charge in [0.2, 0.25) is 0 Å². The number of carbonyl (C=O) groups is 1. The van der Waals surface area contributed by atoms with Gasteiger partial charge in [-0.05, 0) is 31.0 Å². The molecule has 0 spiro atoms. The third kappa shape index (κ3) is 6.96. The second kappa shape index (κ2) is 6.74. The van der Waals surface area contributed by atoms with Crippen LogP contribution in [0, 0.1) is 0 Å². The van der Waals surface area contributed by atoms with Gasteiger partial charge in [0, 0.05) is 13.2 Å². The van der Waals surface area contributed by atoms with Gasteiger partial charge in [0.15, 0.2) is 0 Å². The minimum Gasteiger partial charge on any atom is -0.513 e. The van der Waals surface area contributed by atoms with Gasteiger partial charge in [-0.3, -0.25) is 0 Å². The fraction of sp³-hybridized carbons (Fsp3) is 0.917. The Morgan fingerprint density at radius 2 is 1.53 bits per heavy atom. The molecular weight excluding hydrogens is 277 g/mol. The largest absolute Gasteiger partial charge is 0.513 e. The van der Waals surface area contributed by atoms with Crippen molar-refractivity contribution in [2.45, 2.75) is 57.9 Å². The molecule has 114 valence electrons. The zero-order valence-electron chi connectivity index (χ0n) is 12.2. The molecule has 1 saturated heterocycles. The molecule has 1 fully saturated rings. The van der Waals surface area contributed by atoms with Crippen molar-refractivity contribution in [3.8, 4) is 0 Å². The van der Waals surface area contributed by atoms with E-state index in [1.165, 1.54) is 12.8 Å². The van der Waals surface area contributed by atoms with Crippen molar-refractivity contribution in [3.05, 3.63) is 0 Å². The highest BCUT2D eigenvalue weighted by atomic mass is 28.4. The lowest BCUT2D eigenvalue weighted by atomic mass is 10.2. The molecule has 1 aliphatic heterocycles. The van der Waals surface area contributed by atoms with Gasteiger partial charge in [-0.2, -0.15) is 13.2 Å². The van der Waals surface area contributed by atoms with Crippen molar-refractivity contribution in [3.63, 3.8) is 0 Å². The van der Waals surface area contributed by atoms with Gasteiger partial charge in [0.25, 0.3) is 8.32 Å². The molecule has 0 bridgehead atoms. The van der Waals surface area contributed by atoms with Crippen LogP contribution in [0.2, 0.25) is 18.1 Å². The van der Waals surface area contributed by atoms with E-state index in [0.717, 1.165) is 13.2 Å². The number of hydrogen-bond donors (Lipinski definition) is 0. The molecule has 1 rings (SSSR count). The molecule has 0 aliphatic carbocycles. The molecule has 1 aliphatic rings. The third-order valence-corrected chi connectivity index (χ3v) is 7.52. The van der Waals surface area contributed by atoms with Crippen LogP contribution in [0.15, 0.2) is 0 Å². The molecular formula is C12H23F3O3Si. The lowest BCUT2D eigenvalue weighted by molar-refractivity contribution is -0.191. The summed E-state index contributed by atoms with van der Waals surface area (Å²) in [4.78, 5) is 10.6. The van der Waals surface area contributed by atoms with Gasteiger partial charge in [-0.15, -0.1) is 0 Å². The Balaban J connectivity index is 0.000000532. The maximum Gasteiger partial charge on any atom is 0.489 e. The van der Waals surface area contributed by atoms with Crippen LogP contribution in [-0.2, 0) is 14.0 Å². The molecule has 0 N–H and O–H groups in total. The Bertz CT molecular complexity index is 284. The molecule has 3 nitrogen and oxygen atoms in total. The number of rotatable bonds is 1. The molecule has 0 radical (unpaired) electrons. The molecule has 0 saturated carbocycles. The van der Waals surface area contributed by atoms with Gasteiger partial charge in [0.1, 0.15) is 0 Å². The van der Waals surface area contributed by atoms with Crippen molar-refractivity contribution in [2.75, 3.05) is 13.2 Å². The van der Waals surface area contributed by atoms with Crippen LogP contribution >= 0.6 is 0 Å². The summed E-state index contributed by atoms with van der Waals surface area (Å²) < 4.78 is 45.2. The number of halogens is 3. The van der Waals surface area contributed by atoms with E-state index in [0.29, 0.717) is 0 Å². The summed E-state index contributed by atoms with van der Waals surface area (Å²) in [6.45, 7) is 10.5. The topological polar surface area (TPSA) is 35.5 Å². The van der Waals surface area contributed by atoms with Crippen LogP contribution in [0.1, 0.15) is 33.6 Å². The molecule has 0 aromatic heterocycles. The molecule has 0 amide bonds. The standard InChI is InChI=1S/C8H15F3O2Si.C4H8O/c1-7(2,3)14(4,5)13-6(12)8(9,10)11;1-2-4-5-3-1/h1-5H3;1-4H2. The average molecular weight is 300 g/mol. The molecule has 7 heteroatoms. The molecule has 0 aromatic carbocycles. The zero-order chi connectivity index (χ0) is 15.3. The van der Waals surface area contributed by atoms with E-state index in [4.69, 9.17) is 4.74 Å². The van der Waals surface area contributed by atoms with E-state index in [9.17, 15) is 18.0 Å². The Morgan fingerprint density at radius 3 is 1.74 bits per heavy atom. The summed E-state index contributed by atoms with van der Waals surface area (Å²) in [6.07, 6.45) is -2.34. The van der Waals surface area contributed by atoms with E-state index in [1.807, 2.05) is 0 Å². The van der Waals surface area contributed by atoms with Crippen LogP contribution in [0.3, 0.4) is 0 Å². The van der Waals surface area contributed by atoms with Gasteiger partial charge >= 0.3 is 12.1 Å². The number of ether oxygens (including phenoxy) is 1. The summed E-state index contributed by atoms with van der Waals surface area (Å²) in [7, 11) is -2.65. The summed E-state index contributed by atoms with van der Waals surface area (Å²) in [5.41, 5.74) is 0. The lowest BCUT2D eigenvalue weighted by Crippen LogP contribution is -2.45. The van der Waals surface area contributed by atoms with E-state index >= 15 is 0 Å². The van der Waals surface area contributed by atoms with Crippen molar-refractivity contribution in [1.82, 2.24) is 0 Å². The lowest BCUT2D eigenvalue weighted by Gasteiger charge is -2.35. The summed E-state index contributed by atoms with van der Waals surface area (Å²) in [6, 6.07) is 0. The van der Waals surface area contributed by atoms with Crippen molar-refractivity contribution in [1.29, 1.82) is 0 Å². The fourth-order valence-electron chi connectivity index (χ4n) is 0.953. The maximum atomic E-state index is 11.9. The van der Waals surface area contributed by atoms with Crippen LogP contribution < -0.4 is 0 Å². The molecule has 0 unspecified atom stereocenters. The van der Waals surface area contributed by atoms with Gasteiger partial charge in [-0.25, -0.2) is 4.79 Å². The van der Waals surface area contributed by atoms with Crippen LogP contribution in [-0.4, -0.2) is 33.7 Å². The highest BCUT2D eigenvalue weighted by Gasteiger charge is 2.48. The van der Waals surface area contributed by atoms with E-state index in [-0.39, 0.29) is 0 Å². The third-order valence-electron chi connectivity index (χ3n) is 3.21. The Kier molecular flexibility index (Phi) is 6.54. The zero-order valence-corrected chi connectivity index (χ0v) is 13.2. The first kappa shape index (κ1) is 18.4. The van der Waals surface area contributed by atoms with E-state index in [1.54, 1.807) is 33.9 Å².